The Kier molecular flexibility index (Phi) is 5.67. The van der Waals surface area contributed by atoms with Gasteiger partial charge in [-0.3, -0.25) is 4.79 Å². The molecule has 2 aliphatic heterocycles. The van der Waals surface area contributed by atoms with Gasteiger partial charge in [0.1, 0.15) is 0 Å². The fourth-order valence-corrected chi connectivity index (χ4v) is 3.86. The van der Waals surface area contributed by atoms with Crippen molar-refractivity contribution in [2.45, 2.75) is 65.0 Å². The van der Waals surface area contributed by atoms with Crippen molar-refractivity contribution in [3.8, 4) is 0 Å². The van der Waals surface area contributed by atoms with E-state index >= 15 is 0 Å². The molecular formula is C17H33N3O. The number of amides is 1. The van der Waals surface area contributed by atoms with Crippen LogP contribution in [-0.2, 0) is 4.79 Å². The summed E-state index contributed by atoms with van der Waals surface area (Å²) in [6, 6.07) is 0.412. The molecule has 2 aliphatic rings. The van der Waals surface area contributed by atoms with Crippen molar-refractivity contribution in [2.24, 2.45) is 5.41 Å². The first-order valence-electron chi connectivity index (χ1n) is 8.68. The van der Waals surface area contributed by atoms with Crippen LogP contribution in [0, 0.1) is 5.41 Å². The third-order valence-corrected chi connectivity index (χ3v) is 5.37. The molecule has 0 aliphatic carbocycles. The molecule has 1 amide bonds. The van der Waals surface area contributed by atoms with E-state index in [1.165, 1.54) is 19.4 Å². The molecule has 2 fully saturated rings. The lowest BCUT2D eigenvalue weighted by Crippen LogP contribution is -2.58. The van der Waals surface area contributed by atoms with E-state index in [0.29, 0.717) is 11.9 Å². The van der Waals surface area contributed by atoms with Gasteiger partial charge < -0.3 is 15.1 Å². The average molecular weight is 295 g/mol. The highest BCUT2D eigenvalue weighted by Crippen LogP contribution is 2.31. The Balaban J connectivity index is 1.90. The van der Waals surface area contributed by atoms with Crippen molar-refractivity contribution in [1.29, 1.82) is 0 Å². The molecule has 21 heavy (non-hydrogen) atoms. The fraction of sp³-hybridized carbons (Fsp3) is 0.941. The molecule has 122 valence electrons. The number of likely N-dealkylation sites (N-methyl/N-ethyl adjacent to an activating group) is 1. The Labute approximate surface area is 130 Å². The molecule has 1 atom stereocenters. The van der Waals surface area contributed by atoms with E-state index in [2.05, 4.69) is 31.0 Å². The van der Waals surface area contributed by atoms with Crippen LogP contribution >= 0.6 is 0 Å². The summed E-state index contributed by atoms with van der Waals surface area (Å²) in [6.45, 7) is 11.1. The van der Waals surface area contributed by atoms with Gasteiger partial charge in [0, 0.05) is 26.2 Å². The van der Waals surface area contributed by atoms with E-state index in [-0.39, 0.29) is 11.5 Å². The minimum Gasteiger partial charge on any atom is -0.341 e. The highest BCUT2D eigenvalue weighted by atomic mass is 16.2. The number of nitrogens with one attached hydrogen (secondary N) is 1. The molecule has 0 saturated carbocycles. The summed E-state index contributed by atoms with van der Waals surface area (Å²) >= 11 is 0. The molecule has 2 heterocycles. The summed E-state index contributed by atoms with van der Waals surface area (Å²) in [6.07, 6.45) is 5.78. The number of carbonyl (C=O) groups excluding carboxylic acids is 1. The summed E-state index contributed by atoms with van der Waals surface area (Å²) in [4.78, 5) is 17.4. The Morgan fingerprint density at radius 1 is 1.33 bits per heavy atom. The van der Waals surface area contributed by atoms with Crippen LogP contribution in [0.25, 0.3) is 0 Å². The molecule has 4 heteroatoms. The largest absolute Gasteiger partial charge is 0.341 e. The van der Waals surface area contributed by atoms with Crippen molar-refractivity contribution < 1.29 is 4.79 Å². The molecule has 0 aromatic rings. The van der Waals surface area contributed by atoms with Crippen LogP contribution in [0.3, 0.4) is 0 Å². The van der Waals surface area contributed by atoms with E-state index in [1.54, 1.807) is 0 Å². The zero-order chi connectivity index (χ0) is 15.5. The maximum absolute atomic E-state index is 12.9. The van der Waals surface area contributed by atoms with Gasteiger partial charge in [0.25, 0.3) is 0 Å². The van der Waals surface area contributed by atoms with Crippen LogP contribution < -0.4 is 5.32 Å². The van der Waals surface area contributed by atoms with Gasteiger partial charge in [-0.1, -0.05) is 20.8 Å². The third-order valence-electron chi connectivity index (χ3n) is 5.37. The quantitative estimate of drug-likeness (QED) is 0.863. The van der Waals surface area contributed by atoms with Crippen molar-refractivity contribution in [1.82, 2.24) is 15.1 Å². The second kappa shape index (κ2) is 7.10. The van der Waals surface area contributed by atoms with Crippen molar-refractivity contribution >= 4 is 5.91 Å². The monoisotopic (exact) mass is 295 g/mol. The minimum absolute atomic E-state index is 0.00933. The predicted octanol–water partition coefficient (Wildman–Crippen LogP) is 2.10. The number of hydrogen-bond donors (Lipinski definition) is 1. The minimum atomic E-state index is -0.00933. The first-order chi connectivity index (χ1) is 9.95. The first-order valence-corrected chi connectivity index (χ1v) is 8.68. The number of carbonyl (C=O) groups is 1. The molecule has 2 saturated heterocycles. The maximum Gasteiger partial charge on any atom is 0.240 e. The highest BCUT2D eigenvalue weighted by molar-refractivity contribution is 5.83. The van der Waals surface area contributed by atoms with Crippen molar-refractivity contribution in [3.63, 3.8) is 0 Å². The summed E-state index contributed by atoms with van der Waals surface area (Å²) in [7, 11) is 2.01. The number of nitrogens with zero attached hydrogens (tertiary/aromatic N) is 2. The molecule has 0 aromatic heterocycles. The van der Waals surface area contributed by atoms with Gasteiger partial charge in [0.15, 0.2) is 0 Å². The molecule has 4 nitrogen and oxygen atoms in total. The van der Waals surface area contributed by atoms with Gasteiger partial charge in [0.2, 0.25) is 5.91 Å². The maximum atomic E-state index is 12.9. The van der Waals surface area contributed by atoms with Crippen LogP contribution in [0.1, 0.15) is 52.9 Å². The standard InChI is InChI=1S/C17H33N3O/c1-5-11-20-12-7-14(8-13-20)19(4)16(21)15-17(2,3)9-6-10-18-15/h14-15,18H,5-13H2,1-4H3. The molecule has 0 bridgehead atoms. The Morgan fingerprint density at radius 3 is 2.57 bits per heavy atom. The normalized spacial score (nSPS) is 27.5. The van der Waals surface area contributed by atoms with Crippen LogP contribution in [0.15, 0.2) is 0 Å². The number of hydrogen-bond acceptors (Lipinski definition) is 3. The molecular weight excluding hydrogens is 262 g/mol. The predicted molar refractivity (Wildman–Crippen MR) is 87.3 cm³/mol. The van der Waals surface area contributed by atoms with Gasteiger partial charge in [-0.2, -0.15) is 0 Å². The van der Waals surface area contributed by atoms with Gasteiger partial charge in [-0.05, 0) is 50.6 Å². The number of piperidine rings is 2. The van der Waals surface area contributed by atoms with Crippen LogP contribution in [0.2, 0.25) is 0 Å². The molecule has 2 rings (SSSR count). The van der Waals surface area contributed by atoms with Gasteiger partial charge in [-0.15, -0.1) is 0 Å². The lowest BCUT2D eigenvalue weighted by atomic mass is 9.77. The lowest BCUT2D eigenvalue weighted by molar-refractivity contribution is -0.139. The second-order valence-corrected chi connectivity index (χ2v) is 7.50. The van der Waals surface area contributed by atoms with Gasteiger partial charge in [-0.25, -0.2) is 0 Å². The van der Waals surface area contributed by atoms with E-state index in [1.807, 2.05) is 11.9 Å². The van der Waals surface area contributed by atoms with Crippen molar-refractivity contribution in [2.75, 3.05) is 33.2 Å². The smallest absolute Gasteiger partial charge is 0.240 e. The zero-order valence-corrected chi connectivity index (χ0v) is 14.3. The fourth-order valence-electron chi connectivity index (χ4n) is 3.86. The van der Waals surface area contributed by atoms with Crippen LogP contribution in [0.5, 0.6) is 0 Å². The van der Waals surface area contributed by atoms with Crippen molar-refractivity contribution in [3.05, 3.63) is 0 Å². The zero-order valence-electron chi connectivity index (χ0n) is 14.3. The average Bonchev–Trinajstić information content (AvgIpc) is 2.46. The van der Waals surface area contributed by atoms with E-state index in [0.717, 1.165) is 38.9 Å². The lowest BCUT2D eigenvalue weighted by Gasteiger charge is -2.43. The first kappa shape index (κ1) is 16.8. The van der Waals surface area contributed by atoms with Gasteiger partial charge in [0.05, 0.1) is 6.04 Å². The highest BCUT2D eigenvalue weighted by Gasteiger charge is 2.40. The summed E-state index contributed by atoms with van der Waals surface area (Å²) in [5.41, 5.74) is 0.0759. The SMILES string of the molecule is CCCN1CCC(N(C)C(=O)C2NCCCC2(C)C)CC1. The Bertz CT molecular complexity index is 348. The Hall–Kier alpha value is -0.610. The summed E-state index contributed by atoms with van der Waals surface area (Å²) in [5, 5.41) is 3.46. The molecule has 0 radical (unpaired) electrons. The molecule has 0 spiro atoms. The van der Waals surface area contributed by atoms with E-state index < -0.39 is 0 Å². The van der Waals surface area contributed by atoms with Crippen LogP contribution in [0.4, 0.5) is 0 Å². The van der Waals surface area contributed by atoms with E-state index in [4.69, 9.17) is 0 Å². The molecule has 0 aromatic carbocycles. The molecule has 1 unspecified atom stereocenters. The van der Waals surface area contributed by atoms with E-state index in [9.17, 15) is 4.79 Å². The topological polar surface area (TPSA) is 35.6 Å². The summed E-state index contributed by atoms with van der Waals surface area (Å²) < 4.78 is 0. The molecule has 1 N–H and O–H groups in total. The van der Waals surface area contributed by atoms with Crippen LogP contribution in [-0.4, -0.2) is 61.0 Å². The van der Waals surface area contributed by atoms with Gasteiger partial charge >= 0.3 is 0 Å². The Morgan fingerprint density at radius 2 is 2.00 bits per heavy atom. The second-order valence-electron chi connectivity index (χ2n) is 7.50. The number of rotatable bonds is 4. The third kappa shape index (κ3) is 3.98. The number of likely N-dealkylation sites (tertiary alicyclic amines) is 1. The summed E-state index contributed by atoms with van der Waals surface area (Å²) in [5.74, 6) is 0.300.